The Labute approximate surface area is 166 Å². The number of ether oxygens (including phenoxy) is 4. The Morgan fingerprint density at radius 2 is 2.18 bits per heavy atom. The third kappa shape index (κ3) is 2.37. The molecule has 0 N–H and O–H groups in total. The molecule has 5 heterocycles. The second-order valence-corrected chi connectivity index (χ2v) is 8.99. The Bertz CT molecular complexity index is 758. The van der Waals surface area contributed by atoms with Gasteiger partial charge in [-0.3, -0.25) is 4.90 Å². The maximum atomic E-state index is 12.1. The van der Waals surface area contributed by atoms with Gasteiger partial charge in [0.1, 0.15) is 5.76 Å². The largest absolute Gasteiger partial charge is 0.492 e. The van der Waals surface area contributed by atoms with Crippen LogP contribution in [0.3, 0.4) is 0 Å². The summed E-state index contributed by atoms with van der Waals surface area (Å²) in [5.74, 6) is 1.15. The van der Waals surface area contributed by atoms with Crippen molar-refractivity contribution >= 4 is 5.97 Å². The molecule has 0 spiro atoms. The lowest BCUT2D eigenvalue weighted by Gasteiger charge is -2.31. The normalized spacial score (nSPS) is 44.6. The number of hydrogen-bond donors (Lipinski definition) is 0. The highest BCUT2D eigenvalue weighted by Gasteiger charge is 2.69. The van der Waals surface area contributed by atoms with Crippen LogP contribution in [0.4, 0.5) is 0 Å². The molecule has 28 heavy (non-hydrogen) atoms. The third-order valence-corrected chi connectivity index (χ3v) is 7.51. The molecule has 4 saturated heterocycles. The van der Waals surface area contributed by atoms with Crippen molar-refractivity contribution < 1.29 is 23.7 Å². The van der Waals surface area contributed by atoms with Gasteiger partial charge in [-0.2, -0.15) is 0 Å². The van der Waals surface area contributed by atoms with E-state index >= 15 is 0 Å². The number of allylic oxidation sites excluding steroid dienone is 1. The molecule has 0 aromatic carbocycles. The van der Waals surface area contributed by atoms with E-state index < -0.39 is 5.79 Å². The van der Waals surface area contributed by atoms with Crippen LogP contribution in [0.2, 0.25) is 0 Å². The number of hydrogen-bond acceptors (Lipinski definition) is 6. The molecular weight excluding hydrogens is 358 g/mol. The summed E-state index contributed by atoms with van der Waals surface area (Å²) in [7, 11) is 1.57. The molecule has 4 fully saturated rings. The monoisotopic (exact) mass is 389 g/mol. The van der Waals surface area contributed by atoms with Gasteiger partial charge in [0.25, 0.3) is 0 Å². The number of cyclic esters (lactones) is 1. The zero-order valence-electron chi connectivity index (χ0n) is 17.3. The molecule has 0 amide bonds. The van der Waals surface area contributed by atoms with Gasteiger partial charge in [0.2, 0.25) is 11.5 Å². The Hall–Kier alpha value is -1.53. The molecule has 0 aliphatic carbocycles. The SMILES string of the molecule is CCCC[C@@H]1C[C@H]2O[C@@]34CCCN1[C@@H]2[C@H]3[C@H](C)/C(=C1/OC(=O)C(C)=C1OC)O4. The summed E-state index contributed by atoms with van der Waals surface area (Å²) in [5, 5.41) is 0. The zero-order chi connectivity index (χ0) is 19.6. The van der Waals surface area contributed by atoms with Gasteiger partial charge in [-0.05, 0) is 32.7 Å². The van der Waals surface area contributed by atoms with Gasteiger partial charge in [-0.15, -0.1) is 0 Å². The van der Waals surface area contributed by atoms with Crippen molar-refractivity contribution in [3.05, 3.63) is 22.9 Å². The zero-order valence-corrected chi connectivity index (χ0v) is 17.3. The predicted octanol–water partition coefficient (Wildman–Crippen LogP) is 3.48. The van der Waals surface area contributed by atoms with Crippen molar-refractivity contribution in [2.45, 2.75) is 83.3 Å². The maximum absolute atomic E-state index is 12.1. The summed E-state index contributed by atoms with van der Waals surface area (Å²) < 4.78 is 24.3. The highest BCUT2D eigenvalue weighted by Crippen LogP contribution is 2.60. The summed E-state index contributed by atoms with van der Waals surface area (Å²) >= 11 is 0. The minimum Gasteiger partial charge on any atom is -0.492 e. The second kappa shape index (κ2) is 6.49. The van der Waals surface area contributed by atoms with Crippen LogP contribution in [-0.4, -0.2) is 48.5 Å². The summed E-state index contributed by atoms with van der Waals surface area (Å²) in [4.78, 5) is 14.8. The van der Waals surface area contributed by atoms with Gasteiger partial charge in [-0.1, -0.05) is 26.7 Å². The van der Waals surface area contributed by atoms with Gasteiger partial charge >= 0.3 is 5.97 Å². The smallest absolute Gasteiger partial charge is 0.343 e. The van der Waals surface area contributed by atoms with Gasteiger partial charge in [-0.25, -0.2) is 4.79 Å². The van der Waals surface area contributed by atoms with Gasteiger partial charge in [0.15, 0.2) is 5.76 Å². The van der Waals surface area contributed by atoms with Crippen molar-refractivity contribution in [3.8, 4) is 0 Å². The van der Waals surface area contributed by atoms with Gasteiger partial charge in [0, 0.05) is 24.4 Å². The molecule has 6 nitrogen and oxygen atoms in total. The number of esters is 1. The lowest BCUT2D eigenvalue weighted by atomic mass is 9.82. The van der Waals surface area contributed by atoms with E-state index in [0.717, 1.165) is 31.6 Å². The van der Waals surface area contributed by atoms with Crippen molar-refractivity contribution in [1.82, 2.24) is 4.90 Å². The van der Waals surface area contributed by atoms with Gasteiger partial charge < -0.3 is 18.9 Å². The Morgan fingerprint density at radius 1 is 1.36 bits per heavy atom. The van der Waals surface area contributed by atoms with E-state index in [1.807, 2.05) is 0 Å². The molecule has 0 saturated carbocycles. The minimum atomic E-state index is -0.580. The summed E-state index contributed by atoms with van der Waals surface area (Å²) in [6, 6.07) is 1.02. The van der Waals surface area contributed by atoms with Crippen LogP contribution < -0.4 is 0 Å². The molecule has 0 aromatic rings. The molecule has 5 aliphatic rings. The van der Waals surface area contributed by atoms with Crippen molar-refractivity contribution in [2.75, 3.05) is 13.7 Å². The Balaban J connectivity index is 1.50. The topological polar surface area (TPSA) is 57.2 Å². The maximum Gasteiger partial charge on any atom is 0.343 e. The molecule has 5 aliphatic heterocycles. The Kier molecular flexibility index (Phi) is 4.29. The first-order chi connectivity index (χ1) is 13.5. The number of methoxy groups -OCH3 is 1. The summed E-state index contributed by atoms with van der Waals surface area (Å²) in [5.41, 5.74) is 0.500. The number of nitrogens with zero attached hydrogens (tertiary/aromatic N) is 1. The van der Waals surface area contributed by atoms with Crippen LogP contribution in [0.15, 0.2) is 22.9 Å². The van der Waals surface area contributed by atoms with E-state index in [-0.39, 0.29) is 23.9 Å². The third-order valence-electron chi connectivity index (χ3n) is 7.51. The van der Waals surface area contributed by atoms with Crippen LogP contribution in [0, 0.1) is 11.8 Å². The number of carbonyl (C=O) groups is 1. The molecule has 5 rings (SSSR count). The lowest BCUT2D eigenvalue weighted by Crippen LogP contribution is -2.43. The first-order valence-electron chi connectivity index (χ1n) is 10.8. The molecule has 0 radical (unpaired) electrons. The van der Waals surface area contributed by atoms with Gasteiger partial charge in [0.05, 0.1) is 24.7 Å². The lowest BCUT2D eigenvalue weighted by molar-refractivity contribution is -0.205. The second-order valence-electron chi connectivity index (χ2n) is 8.99. The fourth-order valence-electron chi connectivity index (χ4n) is 6.34. The molecular formula is C22H31NO5. The fraction of sp³-hybridized carbons (Fsp3) is 0.773. The van der Waals surface area contributed by atoms with Crippen LogP contribution in [-0.2, 0) is 23.7 Å². The Morgan fingerprint density at radius 3 is 2.93 bits per heavy atom. The molecule has 0 unspecified atom stereocenters. The van der Waals surface area contributed by atoms with E-state index in [4.69, 9.17) is 18.9 Å². The van der Waals surface area contributed by atoms with Crippen molar-refractivity contribution in [3.63, 3.8) is 0 Å². The van der Waals surface area contributed by atoms with Crippen LogP contribution in [0.1, 0.15) is 59.3 Å². The molecule has 6 heteroatoms. The first kappa shape index (κ1) is 18.5. The number of rotatable bonds is 4. The van der Waals surface area contributed by atoms with E-state index in [2.05, 4.69) is 18.7 Å². The molecule has 6 atom stereocenters. The first-order valence-corrected chi connectivity index (χ1v) is 10.8. The highest BCUT2D eigenvalue weighted by molar-refractivity contribution is 5.93. The quantitative estimate of drug-likeness (QED) is 0.686. The van der Waals surface area contributed by atoms with E-state index in [1.165, 1.54) is 19.3 Å². The predicted molar refractivity (Wildman–Crippen MR) is 102 cm³/mol. The van der Waals surface area contributed by atoms with E-state index in [1.54, 1.807) is 14.0 Å². The fourth-order valence-corrected chi connectivity index (χ4v) is 6.34. The van der Waals surface area contributed by atoms with E-state index in [9.17, 15) is 4.79 Å². The molecule has 2 bridgehead atoms. The molecule has 154 valence electrons. The van der Waals surface area contributed by atoms with Crippen molar-refractivity contribution in [1.29, 1.82) is 0 Å². The standard InChI is InChI=1S/C22H31NO5/c1-5-6-8-14-11-15-17-16-12(2)19(20-18(25-4)13(3)21(24)26-20)28-22(16,27-15)9-7-10-23(14)17/h12,14-17H,5-11H2,1-4H3/b20-19-/t12-,14+,15+,16+,17-,22+/m0/s1. The van der Waals surface area contributed by atoms with E-state index in [0.29, 0.717) is 29.2 Å². The van der Waals surface area contributed by atoms with Crippen LogP contribution in [0.5, 0.6) is 0 Å². The van der Waals surface area contributed by atoms with Crippen LogP contribution >= 0.6 is 0 Å². The van der Waals surface area contributed by atoms with Crippen LogP contribution in [0.25, 0.3) is 0 Å². The number of unbranched alkanes of at least 4 members (excludes halogenated alkanes) is 1. The summed E-state index contributed by atoms with van der Waals surface area (Å²) in [6.45, 7) is 7.32. The summed E-state index contributed by atoms with van der Waals surface area (Å²) in [6.07, 6.45) is 7.10. The molecule has 0 aromatic heterocycles. The van der Waals surface area contributed by atoms with Crippen molar-refractivity contribution in [2.24, 2.45) is 11.8 Å². The number of carbonyl (C=O) groups excluding carboxylic acids is 1. The minimum absolute atomic E-state index is 0.124. The highest BCUT2D eigenvalue weighted by atomic mass is 16.7. The average molecular weight is 389 g/mol. The average Bonchev–Trinajstić information content (AvgIpc) is 3.30.